The highest BCUT2D eigenvalue weighted by Gasteiger charge is 2.24. The van der Waals surface area contributed by atoms with E-state index in [-0.39, 0.29) is 5.91 Å². The van der Waals surface area contributed by atoms with Gasteiger partial charge in [-0.15, -0.1) is 23.1 Å². The molecule has 5 heteroatoms. The zero-order chi connectivity index (χ0) is 16.4. The van der Waals surface area contributed by atoms with Crippen LogP contribution in [0.25, 0.3) is 0 Å². The normalized spacial score (nSPS) is 16.5. The van der Waals surface area contributed by atoms with Gasteiger partial charge in [0.1, 0.15) is 11.1 Å². The highest BCUT2D eigenvalue weighted by molar-refractivity contribution is 7.98. The van der Waals surface area contributed by atoms with Crippen molar-refractivity contribution < 1.29 is 4.79 Å². The number of benzene rings is 1. The zero-order valence-electron chi connectivity index (χ0n) is 13.2. The van der Waals surface area contributed by atoms with Crippen molar-refractivity contribution in [1.82, 2.24) is 0 Å². The molecule has 3 rings (SSSR count). The Kier molecular flexibility index (Phi) is 4.74. The number of nitrogens with one attached hydrogen (secondary N) is 1. The number of nitrogens with zero attached hydrogens (tertiary/aromatic N) is 1. The Balaban J connectivity index is 1.88. The largest absolute Gasteiger partial charge is 0.312 e. The number of hydrogen-bond donors (Lipinski definition) is 1. The van der Waals surface area contributed by atoms with Crippen molar-refractivity contribution in [3.8, 4) is 6.07 Å². The Morgan fingerprint density at radius 1 is 1.48 bits per heavy atom. The summed E-state index contributed by atoms with van der Waals surface area (Å²) in [6.07, 6.45) is 5.04. The Morgan fingerprint density at radius 3 is 3.04 bits per heavy atom. The van der Waals surface area contributed by atoms with Gasteiger partial charge in [-0.1, -0.05) is 13.0 Å². The van der Waals surface area contributed by atoms with Gasteiger partial charge >= 0.3 is 0 Å². The lowest BCUT2D eigenvalue weighted by Crippen LogP contribution is -2.12. The number of nitriles is 1. The summed E-state index contributed by atoms with van der Waals surface area (Å²) in [4.78, 5) is 14.8. The second-order valence-corrected chi connectivity index (χ2v) is 7.84. The highest BCUT2D eigenvalue weighted by Crippen LogP contribution is 2.39. The maximum Gasteiger partial charge on any atom is 0.256 e. The molecule has 3 nitrogen and oxygen atoms in total. The lowest BCUT2D eigenvalue weighted by Gasteiger charge is -2.17. The number of amides is 1. The molecule has 1 atom stereocenters. The van der Waals surface area contributed by atoms with Gasteiger partial charge in [-0.2, -0.15) is 5.26 Å². The summed E-state index contributed by atoms with van der Waals surface area (Å²) in [5, 5.41) is 13.1. The van der Waals surface area contributed by atoms with E-state index in [2.05, 4.69) is 18.3 Å². The molecule has 0 aliphatic heterocycles. The van der Waals surface area contributed by atoms with Crippen LogP contribution in [-0.2, 0) is 12.8 Å². The van der Waals surface area contributed by atoms with Crippen LogP contribution in [0, 0.1) is 17.2 Å². The van der Waals surface area contributed by atoms with E-state index >= 15 is 0 Å². The maximum atomic E-state index is 12.5. The summed E-state index contributed by atoms with van der Waals surface area (Å²) in [7, 11) is 0. The predicted octanol–water partition coefficient (Wildman–Crippen LogP) is 4.72. The lowest BCUT2D eigenvalue weighted by atomic mass is 9.88. The fourth-order valence-corrected chi connectivity index (χ4v) is 4.71. The van der Waals surface area contributed by atoms with Gasteiger partial charge < -0.3 is 5.32 Å². The molecule has 1 aromatic carbocycles. The smallest absolute Gasteiger partial charge is 0.256 e. The second-order valence-electron chi connectivity index (χ2n) is 5.85. The Hall–Kier alpha value is -1.77. The fourth-order valence-electron chi connectivity index (χ4n) is 2.90. The number of thioether (sulfide) groups is 1. The molecule has 2 aromatic rings. The average molecular weight is 342 g/mol. The van der Waals surface area contributed by atoms with Crippen LogP contribution in [0.3, 0.4) is 0 Å². The van der Waals surface area contributed by atoms with Crippen LogP contribution in [0.5, 0.6) is 0 Å². The molecule has 0 bridgehead atoms. The van der Waals surface area contributed by atoms with Crippen molar-refractivity contribution in [2.24, 2.45) is 5.92 Å². The van der Waals surface area contributed by atoms with Gasteiger partial charge in [0, 0.05) is 15.3 Å². The first kappa shape index (κ1) is 16.1. The van der Waals surface area contributed by atoms with E-state index in [1.807, 2.05) is 24.5 Å². The minimum Gasteiger partial charge on any atom is -0.312 e. The maximum absolute atomic E-state index is 12.5. The van der Waals surface area contributed by atoms with Crippen LogP contribution in [0.1, 0.15) is 39.7 Å². The van der Waals surface area contributed by atoms with Gasteiger partial charge in [0.15, 0.2) is 0 Å². The summed E-state index contributed by atoms with van der Waals surface area (Å²) >= 11 is 3.17. The summed E-state index contributed by atoms with van der Waals surface area (Å²) < 4.78 is 0. The molecule has 23 heavy (non-hydrogen) atoms. The van der Waals surface area contributed by atoms with Crippen LogP contribution < -0.4 is 5.32 Å². The Morgan fingerprint density at radius 2 is 2.30 bits per heavy atom. The first-order chi connectivity index (χ1) is 11.1. The average Bonchev–Trinajstić information content (AvgIpc) is 2.90. The van der Waals surface area contributed by atoms with E-state index < -0.39 is 0 Å². The quantitative estimate of drug-likeness (QED) is 0.821. The molecule has 1 aliphatic carbocycles. The number of fused-ring (bicyclic) bond motifs is 1. The molecular weight excluding hydrogens is 324 g/mol. The van der Waals surface area contributed by atoms with Crippen molar-refractivity contribution in [3.05, 3.63) is 45.8 Å². The molecule has 0 saturated carbocycles. The number of carbonyl (C=O) groups is 1. The summed E-state index contributed by atoms with van der Waals surface area (Å²) in [6, 6.07) is 9.83. The van der Waals surface area contributed by atoms with Crippen LogP contribution in [-0.4, -0.2) is 12.2 Å². The summed E-state index contributed by atoms with van der Waals surface area (Å²) in [6.45, 7) is 2.24. The molecule has 0 saturated heterocycles. The van der Waals surface area contributed by atoms with Crippen molar-refractivity contribution in [3.63, 3.8) is 0 Å². The monoisotopic (exact) mass is 342 g/mol. The minimum atomic E-state index is -0.149. The van der Waals surface area contributed by atoms with Gasteiger partial charge in [-0.3, -0.25) is 4.79 Å². The van der Waals surface area contributed by atoms with Crippen molar-refractivity contribution >= 4 is 34.0 Å². The third-order valence-electron chi connectivity index (χ3n) is 4.18. The Bertz CT molecular complexity index is 789. The molecule has 1 N–H and O–H groups in total. The number of rotatable bonds is 3. The van der Waals surface area contributed by atoms with E-state index in [4.69, 9.17) is 0 Å². The van der Waals surface area contributed by atoms with E-state index in [9.17, 15) is 10.1 Å². The highest BCUT2D eigenvalue weighted by atomic mass is 32.2. The molecular formula is C18H18N2OS2. The van der Waals surface area contributed by atoms with E-state index in [1.54, 1.807) is 29.2 Å². The number of hydrogen-bond acceptors (Lipinski definition) is 4. The fraction of sp³-hybridized carbons (Fsp3) is 0.333. The molecule has 1 aromatic heterocycles. The van der Waals surface area contributed by atoms with Gasteiger partial charge in [0.25, 0.3) is 5.91 Å². The second kappa shape index (κ2) is 6.77. The zero-order valence-corrected chi connectivity index (χ0v) is 14.8. The first-order valence-electron chi connectivity index (χ1n) is 7.62. The molecule has 1 unspecified atom stereocenters. The SMILES string of the molecule is CSc1cccc(C(=O)Nc2sc3c(c2C#N)CCC(C)C3)c1. The van der Waals surface area contributed by atoms with Gasteiger partial charge in [-0.05, 0) is 55.2 Å². The molecule has 0 fully saturated rings. The third kappa shape index (κ3) is 3.29. The van der Waals surface area contributed by atoms with Crippen LogP contribution in [0.4, 0.5) is 5.00 Å². The van der Waals surface area contributed by atoms with Gasteiger partial charge in [0.2, 0.25) is 0 Å². The van der Waals surface area contributed by atoms with Crippen LogP contribution in [0.2, 0.25) is 0 Å². The molecule has 1 heterocycles. The molecule has 1 aliphatic rings. The van der Waals surface area contributed by atoms with Crippen molar-refractivity contribution in [1.29, 1.82) is 5.26 Å². The van der Waals surface area contributed by atoms with Gasteiger partial charge in [-0.25, -0.2) is 0 Å². The topological polar surface area (TPSA) is 52.9 Å². The van der Waals surface area contributed by atoms with Crippen molar-refractivity contribution in [2.75, 3.05) is 11.6 Å². The minimum absolute atomic E-state index is 0.149. The number of carbonyl (C=O) groups excluding carboxylic acids is 1. The number of anilines is 1. The molecule has 0 spiro atoms. The van der Waals surface area contributed by atoms with Gasteiger partial charge in [0.05, 0.1) is 5.56 Å². The first-order valence-corrected chi connectivity index (χ1v) is 9.66. The third-order valence-corrected chi connectivity index (χ3v) is 6.08. The lowest BCUT2D eigenvalue weighted by molar-refractivity contribution is 0.102. The standard InChI is InChI=1S/C18H18N2OS2/c1-11-6-7-14-15(10-19)18(23-16(14)8-11)20-17(21)12-4-3-5-13(9-12)22-2/h3-5,9,11H,6-8H2,1-2H3,(H,20,21). The molecule has 0 radical (unpaired) electrons. The predicted molar refractivity (Wildman–Crippen MR) is 96.4 cm³/mol. The molecule has 1 amide bonds. The van der Waals surface area contributed by atoms with E-state index in [1.165, 1.54) is 4.88 Å². The van der Waals surface area contributed by atoms with E-state index in [0.717, 1.165) is 29.7 Å². The molecule has 118 valence electrons. The van der Waals surface area contributed by atoms with Crippen molar-refractivity contribution in [2.45, 2.75) is 31.1 Å². The number of thiophene rings is 1. The summed E-state index contributed by atoms with van der Waals surface area (Å²) in [5.41, 5.74) is 2.43. The van der Waals surface area contributed by atoms with Crippen LogP contribution >= 0.6 is 23.1 Å². The van der Waals surface area contributed by atoms with E-state index in [0.29, 0.717) is 22.0 Å². The van der Waals surface area contributed by atoms with Crippen LogP contribution in [0.15, 0.2) is 29.2 Å². The summed E-state index contributed by atoms with van der Waals surface area (Å²) in [5.74, 6) is 0.499. The Labute approximate surface area is 144 Å².